The molecule has 1 unspecified atom stereocenters. The summed E-state index contributed by atoms with van der Waals surface area (Å²) in [6, 6.07) is 25.2. The van der Waals surface area contributed by atoms with Crippen LogP contribution in [0.25, 0.3) is 0 Å². The maximum Gasteiger partial charge on any atom is 0.313 e. The van der Waals surface area contributed by atoms with E-state index in [1.165, 1.54) is 4.90 Å². The molecule has 284 valence electrons. The number of carbonyl (C=O) groups excluding carboxylic acids is 4. The van der Waals surface area contributed by atoms with E-state index in [4.69, 9.17) is 9.47 Å². The number of aliphatic hydroxyl groups is 1. The molecule has 3 aliphatic rings. The van der Waals surface area contributed by atoms with Crippen LogP contribution in [0.2, 0.25) is 0 Å². The van der Waals surface area contributed by atoms with E-state index in [9.17, 15) is 14.7 Å². The number of likely N-dealkylation sites (N-methyl/N-ethyl adjacent to an activating group) is 1. The van der Waals surface area contributed by atoms with Gasteiger partial charge in [-0.15, -0.1) is 13.2 Å². The molecule has 6 rings (SSSR count). The van der Waals surface area contributed by atoms with Crippen molar-refractivity contribution in [1.82, 2.24) is 14.7 Å². The topological polar surface area (TPSA) is 117 Å². The van der Waals surface area contributed by atoms with Crippen molar-refractivity contribution in [3.63, 3.8) is 0 Å². The Balaban J connectivity index is 1.40. The van der Waals surface area contributed by atoms with E-state index >= 15 is 9.59 Å². The van der Waals surface area contributed by atoms with Gasteiger partial charge in [0.05, 0.1) is 36.6 Å². The van der Waals surface area contributed by atoms with Gasteiger partial charge in [0.25, 0.3) is 0 Å². The van der Waals surface area contributed by atoms with Gasteiger partial charge in [-0.05, 0) is 36.5 Å². The van der Waals surface area contributed by atoms with Crippen molar-refractivity contribution in [3.8, 4) is 0 Å². The van der Waals surface area contributed by atoms with Gasteiger partial charge in [-0.2, -0.15) is 0 Å². The van der Waals surface area contributed by atoms with Crippen LogP contribution in [0.15, 0.2) is 116 Å². The minimum atomic E-state index is -1.40. The van der Waals surface area contributed by atoms with Gasteiger partial charge >= 0.3 is 5.97 Å². The lowest BCUT2D eigenvalue weighted by Gasteiger charge is -2.39. The Morgan fingerprint density at radius 2 is 1.61 bits per heavy atom. The number of aliphatic hydroxyl groups excluding tert-OH is 1. The van der Waals surface area contributed by atoms with Gasteiger partial charge in [0, 0.05) is 31.4 Å². The Bertz CT molecular complexity index is 1830. The van der Waals surface area contributed by atoms with E-state index in [0.29, 0.717) is 17.5 Å². The summed E-state index contributed by atoms with van der Waals surface area (Å²) in [5, 5.41) is 10.9. The second-order valence-corrected chi connectivity index (χ2v) is 15.5. The molecule has 3 amide bonds. The van der Waals surface area contributed by atoms with Crippen molar-refractivity contribution in [3.05, 3.63) is 133 Å². The number of rotatable bonds is 16. The quantitative estimate of drug-likeness (QED) is 0.111. The van der Waals surface area contributed by atoms with Crippen LogP contribution in [0.4, 0.5) is 0 Å². The summed E-state index contributed by atoms with van der Waals surface area (Å²) in [5.41, 5.74) is 0.825. The number of nitrogens with zero attached hydrogens (tertiary/aromatic N) is 3. The van der Waals surface area contributed by atoms with Crippen LogP contribution in [0.5, 0.6) is 0 Å². The first-order valence-corrected chi connectivity index (χ1v) is 19.3. The monoisotopic (exact) mass is 797 g/mol. The van der Waals surface area contributed by atoms with E-state index in [1.807, 2.05) is 97.9 Å². The van der Waals surface area contributed by atoms with Gasteiger partial charge in [0.1, 0.15) is 17.7 Å². The Hall–Kier alpha value is -4.58. The molecule has 1 N–H and O–H groups in total. The zero-order valence-corrected chi connectivity index (χ0v) is 32.3. The number of alkyl halides is 1. The van der Waals surface area contributed by atoms with E-state index in [2.05, 4.69) is 29.1 Å². The molecule has 9 atom stereocenters. The fraction of sp³-hybridized carbons (Fsp3) is 0.395. The zero-order valence-electron chi connectivity index (χ0n) is 30.7. The van der Waals surface area contributed by atoms with Crippen molar-refractivity contribution in [2.24, 2.45) is 11.8 Å². The minimum absolute atomic E-state index is 0.124. The summed E-state index contributed by atoms with van der Waals surface area (Å²) in [7, 11) is 1.68. The average molecular weight is 799 g/mol. The Morgan fingerprint density at radius 1 is 1.00 bits per heavy atom. The van der Waals surface area contributed by atoms with Crippen molar-refractivity contribution in [1.29, 1.82) is 0 Å². The third kappa shape index (κ3) is 7.29. The molecule has 0 aromatic heterocycles. The lowest BCUT2D eigenvalue weighted by atomic mass is 9.70. The smallest absolute Gasteiger partial charge is 0.313 e. The van der Waals surface area contributed by atoms with Gasteiger partial charge in [-0.3, -0.25) is 19.2 Å². The molecule has 3 aliphatic heterocycles. The van der Waals surface area contributed by atoms with Crippen LogP contribution in [-0.4, -0.2) is 92.3 Å². The van der Waals surface area contributed by atoms with Crippen LogP contribution in [0, 0.1) is 11.8 Å². The van der Waals surface area contributed by atoms with Crippen molar-refractivity contribution < 1.29 is 33.8 Å². The molecule has 3 saturated heterocycles. The fourth-order valence-corrected chi connectivity index (χ4v) is 9.41. The van der Waals surface area contributed by atoms with Crippen molar-refractivity contribution in [2.75, 3.05) is 20.2 Å². The van der Waals surface area contributed by atoms with Crippen molar-refractivity contribution >= 4 is 39.6 Å². The molecule has 3 heterocycles. The molecule has 1 spiro atoms. The Labute approximate surface area is 325 Å². The van der Waals surface area contributed by atoms with Gasteiger partial charge in [-0.25, -0.2) is 0 Å². The number of carbonyl (C=O) groups is 4. The molecule has 0 radical (unpaired) electrons. The molecule has 0 saturated carbocycles. The summed E-state index contributed by atoms with van der Waals surface area (Å²) in [6.45, 7) is 9.45. The number of likely N-dealkylation sites (tertiary alicyclic amines) is 1. The molecule has 0 aliphatic carbocycles. The Kier molecular flexibility index (Phi) is 12.2. The zero-order chi connectivity index (χ0) is 38.6. The van der Waals surface area contributed by atoms with Crippen LogP contribution in [0.1, 0.15) is 55.0 Å². The first-order chi connectivity index (χ1) is 26.1. The minimum Gasteiger partial charge on any atom is -0.455 e. The summed E-state index contributed by atoms with van der Waals surface area (Å²) in [5.74, 6) is -3.75. The molecule has 3 aromatic rings. The number of allylic oxidation sites excluding steroid dienone is 1. The summed E-state index contributed by atoms with van der Waals surface area (Å²) in [6.07, 6.45) is 2.74. The van der Waals surface area contributed by atoms with Crippen LogP contribution < -0.4 is 0 Å². The molecule has 11 heteroatoms. The fourth-order valence-electron chi connectivity index (χ4n) is 8.47. The van der Waals surface area contributed by atoms with E-state index < -0.39 is 66.3 Å². The van der Waals surface area contributed by atoms with Gasteiger partial charge in [0.15, 0.2) is 0 Å². The standard InChI is InChI=1S/C43H48BrN3O7/c1-5-7-23-34(49)45(4)28(3)37(31-21-15-10-16-22-31)53-42(52)35-36-40(50)47(33(27-48)30-19-13-9-14-20-30)39(43(36)25-32(44)38(35)54-43)41(51)46(24-6-2)26-29-17-11-8-12-18-29/h5-6,8-22,28,32-33,35-39,48H,1-2,7,23-27H2,3-4H3/t28-,32?,33-,35+,36-,37+,38+,39+,43-/m1/s1. The number of amides is 3. The van der Waals surface area contributed by atoms with Gasteiger partial charge < -0.3 is 29.3 Å². The van der Waals surface area contributed by atoms with E-state index in [0.717, 1.165) is 5.56 Å². The maximum atomic E-state index is 15.1. The number of hydrogen-bond donors (Lipinski definition) is 1. The number of benzene rings is 3. The summed E-state index contributed by atoms with van der Waals surface area (Å²) >= 11 is 3.76. The molecule has 3 aromatic carbocycles. The number of ether oxygens (including phenoxy) is 2. The Morgan fingerprint density at radius 3 is 2.20 bits per heavy atom. The molecule has 10 nitrogen and oxygen atoms in total. The highest BCUT2D eigenvalue weighted by Crippen LogP contribution is 2.61. The summed E-state index contributed by atoms with van der Waals surface area (Å²) in [4.78, 5) is 62.3. The van der Waals surface area contributed by atoms with Crippen LogP contribution >= 0.6 is 15.9 Å². The average Bonchev–Trinajstić information content (AvgIpc) is 3.79. The molecular formula is C43H48BrN3O7. The second-order valence-electron chi connectivity index (χ2n) is 14.4. The first kappa shape index (κ1) is 39.1. The maximum absolute atomic E-state index is 15.1. The number of fused-ring (bicyclic) bond motifs is 1. The lowest BCUT2D eigenvalue weighted by Crippen LogP contribution is -2.57. The molecule has 54 heavy (non-hydrogen) atoms. The predicted octanol–water partition coefficient (Wildman–Crippen LogP) is 5.78. The number of esters is 1. The highest BCUT2D eigenvalue weighted by Gasteiger charge is 2.77. The highest BCUT2D eigenvalue weighted by molar-refractivity contribution is 9.09. The molecule has 3 fully saturated rings. The predicted molar refractivity (Wildman–Crippen MR) is 208 cm³/mol. The summed E-state index contributed by atoms with van der Waals surface area (Å²) < 4.78 is 13.2. The van der Waals surface area contributed by atoms with Gasteiger partial charge in [0.2, 0.25) is 17.7 Å². The molecular weight excluding hydrogens is 750 g/mol. The highest BCUT2D eigenvalue weighted by atomic mass is 79.9. The SMILES string of the molecule is C=CCCC(=O)N(C)[C@H](C)[C@H](OC(=O)[C@@H]1[C@H]2O[C@@]3(CC2Br)[C@H](C(=O)N(CC=C)Cc2ccccc2)N([C@H](CO)c2ccccc2)C(=O)[C@@H]13)c1ccccc1. The molecule has 2 bridgehead atoms. The van der Waals surface area contributed by atoms with E-state index in [1.54, 1.807) is 29.0 Å². The van der Waals surface area contributed by atoms with Crippen LogP contribution in [-0.2, 0) is 35.2 Å². The first-order valence-electron chi connectivity index (χ1n) is 18.4. The van der Waals surface area contributed by atoms with E-state index in [-0.39, 0.29) is 42.6 Å². The van der Waals surface area contributed by atoms with Crippen LogP contribution in [0.3, 0.4) is 0 Å². The normalized spacial score (nSPS) is 25.7. The van der Waals surface area contributed by atoms with Gasteiger partial charge in [-0.1, -0.05) is 119 Å². The van der Waals surface area contributed by atoms with Crippen molar-refractivity contribution in [2.45, 2.75) is 73.5 Å². The second kappa shape index (κ2) is 16.8. The number of hydrogen-bond acceptors (Lipinski definition) is 7. The number of halogens is 1. The third-order valence-electron chi connectivity index (χ3n) is 11.2. The third-order valence-corrected chi connectivity index (χ3v) is 12.0. The largest absolute Gasteiger partial charge is 0.455 e. The lowest BCUT2D eigenvalue weighted by molar-refractivity contribution is -0.165.